The van der Waals surface area contributed by atoms with Crippen LogP contribution >= 0.6 is 12.2 Å². The normalized spacial score (nSPS) is 10.1. The third-order valence-electron chi connectivity index (χ3n) is 2.04. The van der Waals surface area contributed by atoms with Crippen molar-refractivity contribution in [1.82, 2.24) is 4.57 Å². The van der Waals surface area contributed by atoms with Crippen molar-refractivity contribution in [2.24, 2.45) is 12.8 Å². The molecule has 0 aromatic carbocycles. The summed E-state index contributed by atoms with van der Waals surface area (Å²) in [6, 6.07) is 2.01. The zero-order valence-corrected chi connectivity index (χ0v) is 7.83. The Kier molecular flexibility index (Phi) is 2.00. The average molecular weight is 168 g/mol. The number of rotatable bonds is 1. The Labute approximate surface area is 72.0 Å². The van der Waals surface area contributed by atoms with Gasteiger partial charge in [-0.2, -0.15) is 0 Å². The van der Waals surface area contributed by atoms with Crippen LogP contribution in [0.5, 0.6) is 0 Å². The highest BCUT2D eigenvalue weighted by Crippen LogP contribution is 2.12. The Morgan fingerprint density at radius 1 is 1.55 bits per heavy atom. The summed E-state index contributed by atoms with van der Waals surface area (Å²) in [5.74, 6) is 0. The fourth-order valence-electron chi connectivity index (χ4n) is 1.10. The molecule has 3 heteroatoms. The van der Waals surface area contributed by atoms with Crippen molar-refractivity contribution < 1.29 is 0 Å². The van der Waals surface area contributed by atoms with Gasteiger partial charge in [-0.1, -0.05) is 12.2 Å². The molecule has 0 spiro atoms. The molecule has 1 heterocycles. The first-order chi connectivity index (χ1) is 5.04. The molecule has 0 aliphatic rings. The lowest BCUT2D eigenvalue weighted by atomic mass is 10.2. The van der Waals surface area contributed by atoms with Crippen LogP contribution in [0.3, 0.4) is 0 Å². The van der Waals surface area contributed by atoms with Gasteiger partial charge in [0.25, 0.3) is 0 Å². The van der Waals surface area contributed by atoms with E-state index in [1.165, 1.54) is 5.69 Å². The van der Waals surface area contributed by atoms with Gasteiger partial charge in [-0.15, -0.1) is 0 Å². The summed E-state index contributed by atoms with van der Waals surface area (Å²) in [5.41, 5.74) is 8.82. The Balaban J connectivity index is 3.29. The maximum absolute atomic E-state index is 5.51. The van der Waals surface area contributed by atoms with Gasteiger partial charge in [-0.3, -0.25) is 0 Å². The standard InChI is InChI=1S/C8H12N2S/c1-5-4-7(8(9)11)6(2)10(5)3/h4H,1-3H3,(H2,9,11). The van der Waals surface area contributed by atoms with Crippen molar-refractivity contribution in [3.63, 3.8) is 0 Å². The Hall–Kier alpha value is -0.830. The second-order valence-electron chi connectivity index (χ2n) is 2.71. The SMILES string of the molecule is Cc1cc(C(N)=S)c(C)n1C. The lowest BCUT2D eigenvalue weighted by Gasteiger charge is -1.99. The summed E-state index contributed by atoms with van der Waals surface area (Å²) in [6.45, 7) is 4.05. The van der Waals surface area contributed by atoms with Crippen molar-refractivity contribution >= 4 is 17.2 Å². The van der Waals surface area contributed by atoms with Crippen molar-refractivity contribution in [3.05, 3.63) is 23.0 Å². The van der Waals surface area contributed by atoms with E-state index < -0.39 is 0 Å². The largest absolute Gasteiger partial charge is 0.389 e. The van der Waals surface area contributed by atoms with Crippen LogP contribution in [0.15, 0.2) is 6.07 Å². The lowest BCUT2D eigenvalue weighted by molar-refractivity contribution is 0.843. The quantitative estimate of drug-likeness (QED) is 0.640. The first-order valence-electron chi connectivity index (χ1n) is 3.46. The van der Waals surface area contributed by atoms with Crippen LogP contribution in [0, 0.1) is 13.8 Å². The summed E-state index contributed by atoms with van der Waals surface area (Å²) in [7, 11) is 2.01. The number of aryl methyl sites for hydroxylation is 1. The van der Waals surface area contributed by atoms with E-state index >= 15 is 0 Å². The molecule has 0 aliphatic carbocycles. The van der Waals surface area contributed by atoms with E-state index in [-0.39, 0.29) is 0 Å². The van der Waals surface area contributed by atoms with Gasteiger partial charge in [-0.05, 0) is 19.9 Å². The summed E-state index contributed by atoms with van der Waals surface area (Å²) >= 11 is 4.89. The van der Waals surface area contributed by atoms with Crippen LogP contribution in [0.4, 0.5) is 0 Å². The molecule has 11 heavy (non-hydrogen) atoms. The second kappa shape index (κ2) is 2.66. The summed E-state index contributed by atoms with van der Waals surface area (Å²) < 4.78 is 2.08. The molecule has 1 aromatic heterocycles. The number of nitrogens with two attached hydrogens (primary N) is 1. The fraction of sp³-hybridized carbons (Fsp3) is 0.375. The van der Waals surface area contributed by atoms with Gasteiger partial charge in [0.05, 0.1) is 0 Å². The molecule has 0 atom stereocenters. The topological polar surface area (TPSA) is 30.9 Å². The zero-order chi connectivity index (χ0) is 8.59. The highest BCUT2D eigenvalue weighted by Gasteiger charge is 2.06. The van der Waals surface area contributed by atoms with Gasteiger partial charge >= 0.3 is 0 Å². The monoisotopic (exact) mass is 168 g/mol. The van der Waals surface area contributed by atoms with E-state index in [2.05, 4.69) is 4.57 Å². The Bertz CT molecular complexity index is 299. The average Bonchev–Trinajstić information content (AvgIpc) is 2.17. The lowest BCUT2D eigenvalue weighted by Crippen LogP contribution is -2.10. The van der Waals surface area contributed by atoms with E-state index in [0.717, 1.165) is 11.3 Å². The molecule has 0 saturated heterocycles. The predicted molar refractivity (Wildman–Crippen MR) is 50.8 cm³/mol. The van der Waals surface area contributed by atoms with Gasteiger partial charge in [0.15, 0.2) is 0 Å². The molecule has 0 fully saturated rings. The molecule has 1 aromatic rings. The predicted octanol–water partition coefficient (Wildman–Crippen LogP) is 1.28. The van der Waals surface area contributed by atoms with E-state index in [9.17, 15) is 0 Å². The van der Waals surface area contributed by atoms with Crippen molar-refractivity contribution in [2.75, 3.05) is 0 Å². The minimum absolute atomic E-state index is 0.478. The van der Waals surface area contributed by atoms with Crippen LogP contribution in [0.2, 0.25) is 0 Å². The van der Waals surface area contributed by atoms with Crippen LogP contribution < -0.4 is 5.73 Å². The van der Waals surface area contributed by atoms with E-state index in [1.54, 1.807) is 0 Å². The van der Waals surface area contributed by atoms with E-state index in [1.807, 2.05) is 27.0 Å². The third kappa shape index (κ3) is 1.28. The minimum Gasteiger partial charge on any atom is -0.389 e. The highest BCUT2D eigenvalue weighted by atomic mass is 32.1. The van der Waals surface area contributed by atoms with Crippen molar-refractivity contribution in [1.29, 1.82) is 0 Å². The van der Waals surface area contributed by atoms with Gasteiger partial charge in [-0.25, -0.2) is 0 Å². The fourth-order valence-corrected chi connectivity index (χ4v) is 1.31. The van der Waals surface area contributed by atoms with Crippen LogP contribution in [-0.2, 0) is 7.05 Å². The van der Waals surface area contributed by atoms with Crippen molar-refractivity contribution in [2.45, 2.75) is 13.8 Å². The van der Waals surface area contributed by atoms with Gasteiger partial charge in [0, 0.05) is 24.0 Å². The Morgan fingerprint density at radius 3 is 2.27 bits per heavy atom. The number of thiocarbonyl (C=S) groups is 1. The molecule has 2 N–H and O–H groups in total. The number of hydrogen-bond acceptors (Lipinski definition) is 1. The Morgan fingerprint density at radius 2 is 2.09 bits per heavy atom. The molecular formula is C8H12N2S. The maximum Gasteiger partial charge on any atom is 0.105 e. The molecular weight excluding hydrogens is 156 g/mol. The van der Waals surface area contributed by atoms with Crippen LogP contribution in [-0.4, -0.2) is 9.56 Å². The summed E-state index contributed by atoms with van der Waals surface area (Å²) in [6.07, 6.45) is 0. The number of hydrogen-bond donors (Lipinski definition) is 1. The summed E-state index contributed by atoms with van der Waals surface area (Å²) in [5, 5.41) is 0. The molecule has 2 nitrogen and oxygen atoms in total. The molecule has 0 amide bonds. The highest BCUT2D eigenvalue weighted by molar-refractivity contribution is 7.80. The maximum atomic E-state index is 5.51. The van der Waals surface area contributed by atoms with E-state index in [4.69, 9.17) is 18.0 Å². The first-order valence-corrected chi connectivity index (χ1v) is 3.87. The number of aromatic nitrogens is 1. The molecule has 0 unspecified atom stereocenters. The second-order valence-corrected chi connectivity index (χ2v) is 3.15. The number of nitrogens with zero attached hydrogens (tertiary/aromatic N) is 1. The molecule has 0 saturated carbocycles. The third-order valence-corrected chi connectivity index (χ3v) is 2.26. The molecule has 0 aliphatic heterocycles. The van der Waals surface area contributed by atoms with Crippen molar-refractivity contribution in [3.8, 4) is 0 Å². The van der Waals surface area contributed by atoms with Crippen LogP contribution in [0.25, 0.3) is 0 Å². The molecule has 60 valence electrons. The van der Waals surface area contributed by atoms with Crippen LogP contribution in [0.1, 0.15) is 17.0 Å². The first kappa shape index (κ1) is 8.27. The zero-order valence-electron chi connectivity index (χ0n) is 7.01. The molecule has 0 bridgehead atoms. The minimum atomic E-state index is 0.478. The van der Waals surface area contributed by atoms with Gasteiger partial charge in [0.2, 0.25) is 0 Å². The van der Waals surface area contributed by atoms with E-state index in [0.29, 0.717) is 4.99 Å². The molecule has 1 rings (SSSR count). The summed E-state index contributed by atoms with van der Waals surface area (Å²) in [4.78, 5) is 0.478. The van der Waals surface area contributed by atoms with Gasteiger partial charge < -0.3 is 10.3 Å². The van der Waals surface area contributed by atoms with Gasteiger partial charge in [0.1, 0.15) is 4.99 Å². The molecule has 0 radical (unpaired) electrons. The smallest absolute Gasteiger partial charge is 0.105 e.